The quantitative estimate of drug-likeness (QED) is 0.922. The van der Waals surface area contributed by atoms with Gasteiger partial charge in [-0.1, -0.05) is 24.3 Å². The Hall–Kier alpha value is -1.65. The highest BCUT2D eigenvalue weighted by atomic mass is 15.2. The van der Waals surface area contributed by atoms with Gasteiger partial charge in [0.15, 0.2) is 0 Å². The summed E-state index contributed by atoms with van der Waals surface area (Å²) in [6.07, 6.45) is 3.09. The van der Waals surface area contributed by atoms with Crippen molar-refractivity contribution in [3.8, 4) is 0 Å². The molecule has 0 spiro atoms. The Labute approximate surface area is 120 Å². The predicted octanol–water partition coefficient (Wildman–Crippen LogP) is 1.71. The highest BCUT2D eigenvalue weighted by Gasteiger charge is 2.16. The second kappa shape index (κ2) is 6.20. The number of pyridine rings is 1. The van der Waals surface area contributed by atoms with E-state index in [0.717, 1.165) is 45.1 Å². The van der Waals surface area contributed by atoms with Gasteiger partial charge >= 0.3 is 0 Å². The van der Waals surface area contributed by atoms with Crippen LogP contribution in [0.4, 0.5) is 5.82 Å². The maximum absolute atomic E-state index is 5.66. The zero-order valence-corrected chi connectivity index (χ0v) is 11.8. The molecule has 1 aliphatic heterocycles. The zero-order valence-electron chi connectivity index (χ0n) is 11.8. The molecule has 1 aromatic carbocycles. The standard InChI is InChI=1S/C16H22N4/c17-7-11-19-9-3-10-20(13-12-19)16-15-5-2-1-4-14(15)6-8-18-16/h1-2,4-6,8H,3,7,9-13,17H2. The lowest BCUT2D eigenvalue weighted by molar-refractivity contribution is 0.302. The number of fused-ring (bicyclic) bond motifs is 1. The van der Waals surface area contributed by atoms with Crippen LogP contribution in [0.1, 0.15) is 6.42 Å². The molecule has 1 saturated heterocycles. The minimum absolute atomic E-state index is 0.743. The second-order valence-electron chi connectivity index (χ2n) is 5.33. The van der Waals surface area contributed by atoms with Crippen LogP contribution in [0.5, 0.6) is 0 Å². The minimum Gasteiger partial charge on any atom is -0.355 e. The Bertz CT molecular complexity index is 564. The van der Waals surface area contributed by atoms with Crippen LogP contribution in [-0.4, -0.2) is 49.2 Å². The molecule has 0 radical (unpaired) electrons. The van der Waals surface area contributed by atoms with Gasteiger partial charge in [-0.05, 0) is 24.4 Å². The van der Waals surface area contributed by atoms with Crippen LogP contribution in [0.3, 0.4) is 0 Å². The predicted molar refractivity (Wildman–Crippen MR) is 84.1 cm³/mol. The summed E-state index contributed by atoms with van der Waals surface area (Å²) in [6, 6.07) is 10.6. The van der Waals surface area contributed by atoms with Crippen LogP contribution in [0.2, 0.25) is 0 Å². The van der Waals surface area contributed by atoms with Crippen LogP contribution in [0, 0.1) is 0 Å². The van der Waals surface area contributed by atoms with Gasteiger partial charge in [-0.2, -0.15) is 0 Å². The molecule has 20 heavy (non-hydrogen) atoms. The maximum atomic E-state index is 5.66. The van der Waals surface area contributed by atoms with E-state index in [1.54, 1.807) is 0 Å². The van der Waals surface area contributed by atoms with E-state index in [-0.39, 0.29) is 0 Å². The van der Waals surface area contributed by atoms with Gasteiger partial charge in [0.25, 0.3) is 0 Å². The Morgan fingerprint density at radius 3 is 2.85 bits per heavy atom. The molecule has 3 rings (SSSR count). The van der Waals surface area contributed by atoms with Crippen molar-refractivity contribution < 1.29 is 0 Å². The third kappa shape index (κ3) is 2.76. The number of hydrogen-bond acceptors (Lipinski definition) is 4. The molecule has 0 bridgehead atoms. The average molecular weight is 270 g/mol. The summed E-state index contributed by atoms with van der Waals surface area (Å²) >= 11 is 0. The van der Waals surface area contributed by atoms with E-state index in [1.165, 1.54) is 17.2 Å². The topological polar surface area (TPSA) is 45.4 Å². The van der Waals surface area contributed by atoms with Crippen LogP contribution in [0.25, 0.3) is 10.8 Å². The van der Waals surface area contributed by atoms with E-state index < -0.39 is 0 Å². The van der Waals surface area contributed by atoms with E-state index >= 15 is 0 Å². The fourth-order valence-corrected chi connectivity index (χ4v) is 2.94. The molecule has 0 unspecified atom stereocenters. The Balaban J connectivity index is 1.84. The summed E-state index contributed by atoms with van der Waals surface area (Å²) in [4.78, 5) is 9.49. The van der Waals surface area contributed by atoms with Gasteiger partial charge in [-0.25, -0.2) is 4.98 Å². The van der Waals surface area contributed by atoms with Gasteiger partial charge in [-0.3, -0.25) is 0 Å². The van der Waals surface area contributed by atoms with Crippen LogP contribution in [0.15, 0.2) is 36.5 Å². The summed E-state index contributed by atoms with van der Waals surface area (Å²) < 4.78 is 0. The lowest BCUT2D eigenvalue weighted by Crippen LogP contribution is -2.34. The molecule has 0 amide bonds. The molecule has 1 aromatic heterocycles. The molecule has 4 heteroatoms. The third-order valence-corrected chi connectivity index (χ3v) is 3.99. The lowest BCUT2D eigenvalue weighted by Gasteiger charge is -2.23. The van der Waals surface area contributed by atoms with Crippen molar-refractivity contribution in [2.24, 2.45) is 5.73 Å². The lowest BCUT2D eigenvalue weighted by atomic mass is 10.1. The number of anilines is 1. The van der Waals surface area contributed by atoms with Gasteiger partial charge in [0, 0.05) is 44.3 Å². The highest BCUT2D eigenvalue weighted by Crippen LogP contribution is 2.24. The van der Waals surface area contributed by atoms with Crippen LogP contribution in [-0.2, 0) is 0 Å². The number of nitrogens with two attached hydrogens (primary N) is 1. The summed E-state index contributed by atoms with van der Waals surface area (Å²) in [5.74, 6) is 1.12. The first-order valence-corrected chi connectivity index (χ1v) is 7.39. The third-order valence-electron chi connectivity index (χ3n) is 3.99. The first-order valence-electron chi connectivity index (χ1n) is 7.39. The van der Waals surface area contributed by atoms with E-state index in [9.17, 15) is 0 Å². The van der Waals surface area contributed by atoms with Gasteiger partial charge < -0.3 is 15.5 Å². The molecular weight excluding hydrogens is 248 g/mol. The van der Waals surface area contributed by atoms with E-state index in [4.69, 9.17) is 5.73 Å². The Morgan fingerprint density at radius 1 is 1.05 bits per heavy atom. The first-order chi connectivity index (χ1) is 9.88. The SMILES string of the molecule is NCCN1CCCN(c2nccc3ccccc23)CC1. The van der Waals surface area contributed by atoms with Gasteiger partial charge in [0.2, 0.25) is 0 Å². The van der Waals surface area contributed by atoms with E-state index in [0.29, 0.717) is 0 Å². The molecule has 2 N–H and O–H groups in total. The van der Waals surface area contributed by atoms with Crippen LogP contribution >= 0.6 is 0 Å². The Kier molecular flexibility index (Phi) is 4.14. The van der Waals surface area contributed by atoms with Crippen molar-refractivity contribution in [3.05, 3.63) is 36.5 Å². The maximum Gasteiger partial charge on any atom is 0.136 e. The highest BCUT2D eigenvalue weighted by molar-refractivity contribution is 5.92. The first kappa shape index (κ1) is 13.3. The van der Waals surface area contributed by atoms with Crippen molar-refractivity contribution in [2.75, 3.05) is 44.2 Å². The summed E-state index contributed by atoms with van der Waals surface area (Å²) in [5.41, 5.74) is 5.66. The van der Waals surface area contributed by atoms with E-state index in [2.05, 4.69) is 45.1 Å². The largest absolute Gasteiger partial charge is 0.355 e. The number of benzene rings is 1. The molecule has 2 aromatic rings. The second-order valence-corrected chi connectivity index (χ2v) is 5.33. The summed E-state index contributed by atoms with van der Waals surface area (Å²) in [7, 11) is 0. The summed E-state index contributed by atoms with van der Waals surface area (Å²) in [5, 5.41) is 2.52. The van der Waals surface area contributed by atoms with Crippen molar-refractivity contribution in [1.29, 1.82) is 0 Å². The van der Waals surface area contributed by atoms with Gasteiger partial charge in [0.05, 0.1) is 0 Å². The fraction of sp³-hybridized carbons (Fsp3) is 0.438. The number of nitrogens with zero attached hydrogens (tertiary/aromatic N) is 3. The minimum atomic E-state index is 0.743. The molecule has 0 saturated carbocycles. The number of hydrogen-bond donors (Lipinski definition) is 1. The van der Waals surface area contributed by atoms with Crippen LogP contribution < -0.4 is 10.6 Å². The van der Waals surface area contributed by atoms with Gasteiger partial charge in [-0.15, -0.1) is 0 Å². The molecule has 2 heterocycles. The normalized spacial score (nSPS) is 17.4. The van der Waals surface area contributed by atoms with Crippen molar-refractivity contribution in [3.63, 3.8) is 0 Å². The van der Waals surface area contributed by atoms with E-state index in [1.807, 2.05) is 6.20 Å². The zero-order chi connectivity index (χ0) is 13.8. The molecule has 4 nitrogen and oxygen atoms in total. The fourth-order valence-electron chi connectivity index (χ4n) is 2.94. The smallest absolute Gasteiger partial charge is 0.136 e. The molecule has 106 valence electrons. The average Bonchev–Trinajstić information content (AvgIpc) is 2.73. The Morgan fingerprint density at radius 2 is 1.95 bits per heavy atom. The van der Waals surface area contributed by atoms with Crippen molar-refractivity contribution in [1.82, 2.24) is 9.88 Å². The van der Waals surface area contributed by atoms with Crippen molar-refractivity contribution >= 4 is 16.6 Å². The molecular formula is C16H22N4. The number of rotatable bonds is 3. The molecule has 0 atom stereocenters. The molecule has 1 fully saturated rings. The van der Waals surface area contributed by atoms with Gasteiger partial charge in [0.1, 0.15) is 5.82 Å². The molecule has 1 aliphatic rings. The monoisotopic (exact) mass is 270 g/mol. The number of aromatic nitrogens is 1. The van der Waals surface area contributed by atoms with Crippen molar-refractivity contribution in [2.45, 2.75) is 6.42 Å². The molecule has 0 aliphatic carbocycles. The summed E-state index contributed by atoms with van der Waals surface area (Å²) in [6.45, 7) is 6.05.